The molecule has 0 spiro atoms. The molecule has 0 aliphatic carbocycles. The van der Waals surface area contributed by atoms with E-state index in [2.05, 4.69) is 37.2 Å². The Kier molecular flexibility index (Phi) is 6.11. The van der Waals surface area contributed by atoms with Gasteiger partial charge in [-0.25, -0.2) is 0 Å². The van der Waals surface area contributed by atoms with Gasteiger partial charge in [0.2, 0.25) is 0 Å². The van der Waals surface area contributed by atoms with Gasteiger partial charge in [-0.1, -0.05) is 15.9 Å². The van der Waals surface area contributed by atoms with Crippen molar-refractivity contribution in [2.24, 2.45) is 0 Å². The minimum absolute atomic E-state index is 0.162. The molecule has 0 aromatic heterocycles. The highest BCUT2D eigenvalue weighted by atomic mass is 79.9. The molecular weight excluding hydrogens is 354 g/mol. The van der Waals surface area contributed by atoms with Crippen LogP contribution >= 0.6 is 31.9 Å². The van der Waals surface area contributed by atoms with E-state index in [0.29, 0.717) is 10.0 Å². The number of hydrogen-bond acceptors (Lipinski definition) is 3. The third kappa shape index (κ3) is 4.39. The lowest BCUT2D eigenvalue weighted by atomic mass is 10.2. The second-order valence-electron chi connectivity index (χ2n) is 3.43. The molecule has 0 aliphatic heterocycles. The summed E-state index contributed by atoms with van der Waals surface area (Å²) in [4.78, 5) is 11.9. The number of ether oxygens (including phenoxy) is 1. The fourth-order valence-electron chi connectivity index (χ4n) is 1.28. The number of nitrogens with one attached hydrogen (secondary N) is 1. The number of rotatable bonds is 5. The molecule has 0 aliphatic rings. The van der Waals surface area contributed by atoms with Crippen molar-refractivity contribution >= 4 is 37.8 Å². The van der Waals surface area contributed by atoms with E-state index in [4.69, 9.17) is 9.84 Å². The van der Waals surface area contributed by atoms with Crippen LogP contribution in [0.5, 0.6) is 0 Å². The van der Waals surface area contributed by atoms with Crippen LogP contribution in [0.15, 0.2) is 27.1 Å². The smallest absolute Gasteiger partial charge is 0.252 e. The summed E-state index contributed by atoms with van der Waals surface area (Å²) in [6.45, 7) is 0.110. The number of aliphatic hydroxyl groups is 1. The number of carbonyl (C=O) groups excluding carboxylic acids is 1. The number of methoxy groups -OCH3 is 1. The van der Waals surface area contributed by atoms with E-state index in [0.717, 1.165) is 4.47 Å². The zero-order valence-corrected chi connectivity index (χ0v) is 12.4. The number of aliphatic hydroxyl groups excluding tert-OH is 1. The number of halogens is 2. The van der Waals surface area contributed by atoms with Crippen molar-refractivity contribution < 1.29 is 14.6 Å². The molecule has 0 saturated heterocycles. The molecular formula is C11H13Br2NO3. The minimum Gasteiger partial charge on any atom is -0.394 e. The van der Waals surface area contributed by atoms with Crippen LogP contribution in [-0.2, 0) is 4.74 Å². The molecule has 1 atom stereocenters. The number of hydrogen-bond donors (Lipinski definition) is 2. The lowest BCUT2D eigenvalue weighted by molar-refractivity contribution is 0.0839. The van der Waals surface area contributed by atoms with Crippen molar-refractivity contribution in [1.29, 1.82) is 0 Å². The standard InChI is InChI=1S/C11H13Br2NO3/c1-17-6-8(5-15)14-11(16)9-4-7(12)2-3-10(9)13/h2-4,8,15H,5-6H2,1H3,(H,14,16). The van der Waals surface area contributed by atoms with Gasteiger partial charge in [0.25, 0.3) is 5.91 Å². The first kappa shape index (κ1) is 14.6. The quantitative estimate of drug-likeness (QED) is 0.837. The van der Waals surface area contributed by atoms with Gasteiger partial charge in [0.1, 0.15) is 0 Å². The molecule has 1 amide bonds. The second-order valence-corrected chi connectivity index (χ2v) is 5.20. The molecule has 1 unspecified atom stereocenters. The van der Waals surface area contributed by atoms with E-state index in [1.165, 1.54) is 7.11 Å². The molecule has 0 bridgehead atoms. The van der Waals surface area contributed by atoms with E-state index in [1.807, 2.05) is 6.07 Å². The van der Waals surface area contributed by atoms with Gasteiger partial charge in [-0.05, 0) is 34.1 Å². The third-order valence-electron chi connectivity index (χ3n) is 2.10. The highest BCUT2D eigenvalue weighted by molar-refractivity contribution is 9.11. The third-order valence-corrected chi connectivity index (χ3v) is 3.28. The van der Waals surface area contributed by atoms with Gasteiger partial charge in [0.05, 0.1) is 24.8 Å². The van der Waals surface area contributed by atoms with Gasteiger partial charge in [-0.2, -0.15) is 0 Å². The Hall–Kier alpha value is -0.430. The number of carbonyl (C=O) groups is 1. The summed E-state index contributed by atoms with van der Waals surface area (Å²) in [7, 11) is 1.52. The summed E-state index contributed by atoms with van der Waals surface area (Å²) < 4.78 is 6.41. The molecule has 1 aromatic rings. The average molecular weight is 367 g/mol. The van der Waals surface area contributed by atoms with Gasteiger partial charge in [0.15, 0.2) is 0 Å². The van der Waals surface area contributed by atoms with Crippen LogP contribution in [0.25, 0.3) is 0 Å². The normalized spacial score (nSPS) is 12.2. The highest BCUT2D eigenvalue weighted by Crippen LogP contribution is 2.21. The second kappa shape index (κ2) is 7.10. The Labute approximate surface area is 117 Å². The Morgan fingerprint density at radius 1 is 1.53 bits per heavy atom. The van der Waals surface area contributed by atoms with Crippen LogP contribution in [0.4, 0.5) is 0 Å². The van der Waals surface area contributed by atoms with Gasteiger partial charge in [0, 0.05) is 16.1 Å². The lowest BCUT2D eigenvalue weighted by Gasteiger charge is -2.15. The maximum absolute atomic E-state index is 11.9. The Morgan fingerprint density at radius 3 is 2.82 bits per heavy atom. The molecule has 2 N–H and O–H groups in total. The first-order chi connectivity index (χ1) is 8.08. The summed E-state index contributed by atoms with van der Waals surface area (Å²) in [5, 5.41) is 11.7. The molecule has 4 nitrogen and oxygen atoms in total. The number of benzene rings is 1. The van der Waals surface area contributed by atoms with Crippen LogP contribution in [0.2, 0.25) is 0 Å². The SMILES string of the molecule is COCC(CO)NC(=O)c1cc(Br)ccc1Br. The van der Waals surface area contributed by atoms with Crippen molar-refractivity contribution in [3.63, 3.8) is 0 Å². The zero-order valence-electron chi connectivity index (χ0n) is 9.24. The first-order valence-corrected chi connectivity index (χ1v) is 6.52. The van der Waals surface area contributed by atoms with Crippen molar-refractivity contribution in [3.05, 3.63) is 32.7 Å². The van der Waals surface area contributed by atoms with E-state index >= 15 is 0 Å². The zero-order chi connectivity index (χ0) is 12.8. The summed E-state index contributed by atoms with van der Waals surface area (Å²) in [5.74, 6) is -0.255. The molecule has 0 radical (unpaired) electrons. The molecule has 17 heavy (non-hydrogen) atoms. The summed E-state index contributed by atoms with van der Waals surface area (Å²) >= 11 is 6.61. The summed E-state index contributed by atoms with van der Waals surface area (Å²) in [5.41, 5.74) is 0.508. The first-order valence-electron chi connectivity index (χ1n) is 4.94. The van der Waals surface area contributed by atoms with Gasteiger partial charge < -0.3 is 15.2 Å². The van der Waals surface area contributed by atoms with Crippen molar-refractivity contribution in [2.75, 3.05) is 20.3 Å². The van der Waals surface area contributed by atoms with Crippen molar-refractivity contribution in [2.45, 2.75) is 6.04 Å². The van der Waals surface area contributed by atoms with Gasteiger partial charge in [-0.3, -0.25) is 4.79 Å². The van der Waals surface area contributed by atoms with Crippen LogP contribution in [0, 0.1) is 0 Å². The molecule has 1 rings (SSSR count). The van der Waals surface area contributed by atoms with Crippen LogP contribution < -0.4 is 5.32 Å². The molecule has 0 heterocycles. The topological polar surface area (TPSA) is 58.6 Å². The molecule has 94 valence electrons. The largest absolute Gasteiger partial charge is 0.394 e. The summed E-state index contributed by atoms with van der Waals surface area (Å²) in [6.07, 6.45) is 0. The van der Waals surface area contributed by atoms with E-state index in [9.17, 15) is 4.79 Å². The Morgan fingerprint density at radius 2 is 2.24 bits per heavy atom. The van der Waals surface area contributed by atoms with Crippen LogP contribution in [0.3, 0.4) is 0 Å². The fraction of sp³-hybridized carbons (Fsp3) is 0.364. The van der Waals surface area contributed by atoms with Gasteiger partial charge >= 0.3 is 0 Å². The maximum Gasteiger partial charge on any atom is 0.252 e. The van der Waals surface area contributed by atoms with E-state index in [-0.39, 0.29) is 19.1 Å². The van der Waals surface area contributed by atoms with E-state index < -0.39 is 6.04 Å². The molecule has 0 saturated carbocycles. The van der Waals surface area contributed by atoms with Crippen molar-refractivity contribution in [1.82, 2.24) is 5.32 Å². The summed E-state index contributed by atoms with van der Waals surface area (Å²) in [6, 6.07) is 4.92. The van der Waals surface area contributed by atoms with E-state index in [1.54, 1.807) is 12.1 Å². The minimum atomic E-state index is -0.404. The Bertz CT molecular complexity index is 398. The number of amides is 1. The molecule has 6 heteroatoms. The highest BCUT2D eigenvalue weighted by Gasteiger charge is 2.15. The molecule has 0 fully saturated rings. The lowest BCUT2D eigenvalue weighted by Crippen LogP contribution is -2.40. The van der Waals surface area contributed by atoms with Crippen molar-refractivity contribution in [3.8, 4) is 0 Å². The monoisotopic (exact) mass is 365 g/mol. The molecule has 1 aromatic carbocycles. The fourth-order valence-corrected chi connectivity index (χ4v) is 2.06. The maximum atomic E-state index is 11.9. The predicted molar refractivity (Wildman–Crippen MR) is 72.1 cm³/mol. The van der Waals surface area contributed by atoms with Crippen LogP contribution in [-0.4, -0.2) is 37.4 Å². The van der Waals surface area contributed by atoms with Gasteiger partial charge in [-0.15, -0.1) is 0 Å². The predicted octanol–water partition coefficient (Wildman–Crippen LogP) is 1.95. The van der Waals surface area contributed by atoms with Crippen LogP contribution in [0.1, 0.15) is 10.4 Å². The average Bonchev–Trinajstić information content (AvgIpc) is 2.31. The Balaban J connectivity index is 2.78.